The van der Waals surface area contributed by atoms with Gasteiger partial charge in [0.05, 0.1) is 20.8 Å². The zero-order chi connectivity index (χ0) is 19.8. The van der Waals surface area contributed by atoms with Crippen LogP contribution >= 0.6 is 0 Å². The van der Waals surface area contributed by atoms with E-state index in [0.717, 1.165) is 22.1 Å². The summed E-state index contributed by atoms with van der Waals surface area (Å²) in [5.74, 6) is 2.12. The number of ether oxygens (including phenoxy) is 3. The number of benzene rings is 3. The molecule has 5 heteroatoms. The largest absolute Gasteiger partial charge is 0.493 e. The molecule has 146 valence electrons. The first-order valence-corrected chi connectivity index (χ1v) is 9.30. The lowest BCUT2D eigenvalue weighted by molar-refractivity contribution is -0.121. The molecule has 0 fully saturated rings. The van der Waals surface area contributed by atoms with Crippen LogP contribution in [0.25, 0.3) is 10.8 Å². The van der Waals surface area contributed by atoms with Gasteiger partial charge in [0.2, 0.25) is 5.91 Å². The minimum Gasteiger partial charge on any atom is -0.493 e. The molecule has 0 radical (unpaired) electrons. The number of carbonyl (C=O) groups excluding carboxylic acids is 1. The van der Waals surface area contributed by atoms with Gasteiger partial charge in [0.25, 0.3) is 0 Å². The maximum Gasteiger partial charge on any atom is 0.220 e. The average molecular weight is 379 g/mol. The van der Waals surface area contributed by atoms with Crippen LogP contribution in [-0.4, -0.2) is 26.7 Å². The summed E-state index contributed by atoms with van der Waals surface area (Å²) in [6.45, 7) is 0.882. The molecular formula is C23H25NO4. The molecule has 3 rings (SSSR count). The van der Waals surface area contributed by atoms with Gasteiger partial charge in [-0.05, 0) is 23.9 Å². The van der Waals surface area contributed by atoms with E-state index in [0.29, 0.717) is 37.5 Å². The van der Waals surface area contributed by atoms with Gasteiger partial charge in [-0.15, -0.1) is 0 Å². The van der Waals surface area contributed by atoms with Gasteiger partial charge in [-0.3, -0.25) is 4.79 Å². The second-order valence-corrected chi connectivity index (χ2v) is 6.36. The van der Waals surface area contributed by atoms with Crippen molar-refractivity contribution in [2.45, 2.75) is 19.4 Å². The molecule has 1 N–H and O–H groups in total. The second-order valence-electron chi connectivity index (χ2n) is 6.36. The molecule has 0 spiro atoms. The third kappa shape index (κ3) is 4.74. The highest BCUT2D eigenvalue weighted by atomic mass is 16.5. The molecule has 0 unspecified atom stereocenters. The van der Waals surface area contributed by atoms with Crippen LogP contribution in [0.1, 0.15) is 18.4 Å². The van der Waals surface area contributed by atoms with E-state index in [2.05, 4.69) is 17.4 Å². The van der Waals surface area contributed by atoms with Crippen molar-refractivity contribution in [2.75, 3.05) is 20.8 Å². The van der Waals surface area contributed by atoms with Crippen molar-refractivity contribution in [1.82, 2.24) is 5.32 Å². The maximum atomic E-state index is 12.2. The maximum absolute atomic E-state index is 12.2. The third-order valence-corrected chi connectivity index (χ3v) is 4.52. The topological polar surface area (TPSA) is 56.8 Å². The zero-order valence-electron chi connectivity index (χ0n) is 16.2. The van der Waals surface area contributed by atoms with Crippen LogP contribution < -0.4 is 19.5 Å². The molecule has 5 nitrogen and oxygen atoms in total. The minimum absolute atomic E-state index is 0.0219. The molecule has 0 saturated carbocycles. The van der Waals surface area contributed by atoms with Crippen LogP contribution in [0.15, 0.2) is 60.7 Å². The number of para-hydroxylation sites is 1. The van der Waals surface area contributed by atoms with Crippen molar-refractivity contribution in [2.24, 2.45) is 0 Å². The number of amides is 1. The summed E-state index contributed by atoms with van der Waals surface area (Å²) >= 11 is 0. The summed E-state index contributed by atoms with van der Waals surface area (Å²) in [5.41, 5.74) is 0.877. The monoisotopic (exact) mass is 379 g/mol. The Morgan fingerprint density at radius 1 is 0.893 bits per heavy atom. The number of fused-ring (bicyclic) bond motifs is 1. The molecular weight excluding hydrogens is 354 g/mol. The second kappa shape index (κ2) is 9.65. The van der Waals surface area contributed by atoms with Crippen molar-refractivity contribution in [3.05, 3.63) is 66.2 Å². The summed E-state index contributed by atoms with van der Waals surface area (Å²) < 4.78 is 16.6. The van der Waals surface area contributed by atoms with Crippen LogP contribution in [0.4, 0.5) is 0 Å². The minimum atomic E-state index is -0.0219. The molecule has 0 bridgehead atoms. The third-order valence-electron chi connectivity index (χ3n) is 4.52. The van der Waals surface area contributed by atoms with E-state index in [1.54, 1.807) is 14.2 Å². The van der Waals surface area contributed by atoms with Crippen molar-refractivity contribution >= 4 is 16.7 Å². The molecule has 3 aromatic carbocycles. The van der Waals surface area contributed by atoms with Crippen molar-refractivity contribution in [3.8, 4) is 17.2 Å². The quantitative estimate of drug-likeness (QED) is 0.562. The first-order valence-electron chi connectivity index (χ1n) is 9.30. The van der Waals surface area contributed by atoms with Crippen LogP contribution in [0.5, 0.6) is 17.2 Å². The molecule has 0 atom stereocenters. The number of rotatable bonds is 9. The van der Waals surface area contributed by atoms with E-state index in [9.17, 15) is 4.79 Å². The van der Waals surface area contributed by atoms with Crippen LogP contribution in [0, 0.1) is 0 Å². The van der Waals surface area contributed by atoms with Crippen LogP contribution in [0.2, 0.25) is 0 Å². The number of nitrogens with one attached hydrogen (secondary N) is 1. The molecule has 1 amide bonds. The van der Waals surface area contributed by atoms with E-state index in [1.807, 2.05) is 48.5 Å². The summed E-state index contributed by atoms with van der Waals surface area (Å²) in [6, 6.07) is 19.7. The first-order chi connectivity index (χ1) is 13.7. The predicted molar refractivity (Wildman–Crippen MR) is 110 cm³/mol. The predicted octanol–water partition coefficient (Wildman–Crippen LogP) is 4.33. The fourth-order valence-electron chi connectivity index (χ4n) is 3.11. The fraction of sp³-hybridized carbons (Fsp3) is 0.261. The fourth-order valence-corrected chi connectivity index (χ4v) is 3.11. The Balaban J connectivity index is 1.46. The number of carbonyl (C=O) groups is 1. The van der Waals surface area contributed by atoms with E-state index in [1.165, 1.54) is 0 Å². The number of hydrogen-bond donors (Lipinski definition) is 1. The van der Waals surface area contributed by atoms with Gasteiger partial charge in [0.1, 0.15) is 5.75 Å². The van der Waals surface area contributed by atoms with E-state index in [4.69, 9.17) is 14.2 Å². The SMILES string of the molecule is COc1cccc(CNC(=O)CCCOc2cccc3ccccc23)c1OC. The van der Waals surface area contributed by atoms with Crippen LogP contribution in [0.3, 0.4) is 0 Å². The van der Waals surface area contributed by atoms with Gasteiger partial charge in [0, 0.05) is 23.9 Å². The smallest absolute Gasteiger partial charge is 0.220 e. The van der Waals surface area contributed by atoms with E-state index < -0.39 is 0 Å². The first kappa shape index (κ1) is 19.5. The number of hydrogen-bond acceptors (Lipinski definition) is 4. The average Bonchev–Trinajstić information content (AvgIpc) is 2.74. The van der Waals surface area contributed by atoms with Gasteiger partial charge in [-0.1, -0.05) is 48.5 Å². The Kier molecular flexibility index (Phi) is 6.73. The Morgan fingerprint density at radius 2 is 1.64 bits per heavy atom. The molecule has 0 aliphatic heterocycles. The Labute approximate surface area is 165 Å². The normalized spacial score (nSPS) is 10.5. The molecule has 0 aromatic heterocycles. The Hall–Kier alpha value is -3.21. The lowest BCUT2D eigenvalue weighted by Crippen LogP contribution is -2.23. The van der Waals surface area contributed by atoms with Crippen molar-refractivity contribution in [3.63, 3.8) is 0 Å². The molecule has 28 heavy (non-hydrogen) atoms. The molecule has 3 aromatic rings. The lowest BCUT2D eigenvalue weighted by atomic mass is 10.1. The van der Waals surface area contributed by atoms with E-state index in [-0.39, 0.29) is 5.91 Å². The van der Waals surface area contributed by atoms with Gasteiger partial charge >= 0.3 is 0 Å². The van der Waals surface area contributed by atoms with Gasteiger partial charge < -0.3 is 19.5 Å². The van der Waals surface area contributed by atoms with Gasteiger partial charge in [-0.2, -0.15) is 0 Å². The molecule has 0 aliphatic rings. The van der Waals surface area contributed by atoms with Crippen LogP contribution in [-0.2, 0) is 11.3 Å². The van der Waals surface area contributed by atoms with Crippen molar-refractivity contribution in [1.29, 1.82) is 0 Å². The summed E-state index contributed by atoms with van der Waals surface area (Å²) in [4.78, 5) is 12.2. The van der Waals surface area contributed by atoms with E-state index >= 15 is 0 Å². The molecule has 0 aliphatic carbocycles. The number of methoxy groups -OCH3 is 2. The highest BCUT2D eigenvalue weighted by molar-refractivity contribution is 5.88. The Bertz CT molecular complexity index is 934. The highest BCUT2D eigenvalue weighted by Crippen LogP contribution is 2.30. The molecule has 0 saturated heterocycles. The van der Waals surface area contributed by atoms with Crippen molar-refractivity contribution < 1.29 is 19.0 Å². The van der Waals surface area contributed by atoms with Gasteiger partial charge in [0.15, 0.2) is 11.5 Å². The standard InChI is InChI=1S/C23H25NO4/c1-26-21-13-6-10-18(23(21)27-2)16-24-22(25)14-7-15-28-20-12-5-9-17-8-3-4-11-19(17)20/h3-6,8-13H,7,14-16H2,1-2H3,(H,24,25). The highest BCUT2D eigenvalue weighted by Gasteiger charge is 2.10. The molecule has 0 heterocycles. The Morgan fingerprint density at radius 3 is 2.46 bits per heavy atom. The summed E-state index contributed by atoms with van der Waals surface area (Å²) in [7, 11) is 3.18. The lowest BCUT2D eigenvalue weighted by Gasteiger charge is -2.13. The summed E-state index contributed by atoms with van der Waals surface area (Å²) in [5, 5.41) is 5.15. The summed E-state index contributed by atoms with van der Waals surface area (Å²) in [6.07, 6.45) is 1.04. The van der Waals surface area contributed by atoms with Gasteiger partial charge in [-0.25, -0.2) is 0 Å². The zero-order valence-corrected chi connectivity index (χ0v) is 16.2.